The van der Waals surface area contributed by atoms with E-state index in [1.807, 2.05) is 0 Å². The predicted molar refractivity (Wildman–Crippen MR) is 52.5 cm³/mol. The van der Waals surface area contributed by atoms with Gasteiger partial charge in [0.2, 0.25) is 0 Å². The molecule has 1 aliphatic rings. The van der Waals surface area contributed by atoms with Gasteiger partial charge in [0.1, 0.15) is 5.82 Å². The molecule has 1 fully saturated rings. The van der Waals surface area contributed by atoms with Gasteiger partial charge in [-0.2, -0.15) is 8.78 Å². The Balaban J connectivity index is 1.84. The lowest BCUT2D eigenvalue weighted by Gasteiger charge is -2.10. The van der Waals surface area contributed by atoms with Gasteiger partial charge in [0.15, 0.2) is 0 Å². The van der Waals surface area contributed by atoms with Gasteiger partial charge in [-0.25, -0.2) is 4.98 Å². The molecule has 0 amide bonds. The SMILES string of the molecule is CC1(CNCc2nccn2C(F)F)CC1. The van der Waals surface area contributed by atoms with E-state index in [9.17, 15) is 8.78 Å². The van der Waals surface area contributed by atoms with Crippen molar-refractivity contribution in [2.75, 3.05) is 6.54 Å². The van der Waals surface area contributed by atoms with Gasteiger partial charge in [0, 0.05) is 18.9 Å². The maximum absolute atomic E-state index is 12.4. The molecule has 0 saturated heterocycles. The van der Waals surface area contributed by atoms with Crippen molar-refractivity contribution in [2.45, 2.75) is 32.9 Å². The number of hydrogen-bond acceptors (Lipinski definition) is 2. The van der Waals surface area contributed by atoms with E-state index in [1.165, 1.54) is 25.2 Å². The number of rotatable bonds is 5. The molecule has 1 aromatic rings. The van der Waals surface area contributed by atoms with Crippen LogP contribution in [0.2, 0.25) is 0 Å². The molecule has 0 atom stereocenters. The van der Waals surface area contributed by atoms with Crippen molar-refractivity contribution >= 4 is 0 Å². The van der Waals surface area contributed by atoms with E-state index in [0.717, 1.165) is 11.1 Å². The molecule has 3 nitrogen and oxygen atoms in total. The number of imidazole rings is 1. The average molecular weight is 215 g/mol. The van der Waals surface area contributed by atoms with Gasteiger partial charge in [-0.05, 0) is 18.3 Å². The predicted octanol–water partition coefficient (Wildman–Crippen LogP) is 2.17. The van der Waals surface area contributed by atoms with Crippen molar-refractivity contribution in [2.24, 2.45) is 5.41 Å². The smallest absolute Gasteiger partial charge is 0.309 e. The third-order valence-electron chi connectivity index (χ3n) is 2.90. The topological polar surface area (TPSA) is 29.9 Å². The van der Waals surface area contributed by atoms with E-state index in [4.69, 9.17) is 0 Å². The molecule has 1 heterocycles. The Morgan fingerprint density at radius 1 is 1.60 bits per heavy atom. The first-order chi connectivity index (χ1) is 7.11. The van der Waals surface area contributed by atoms with Gasteiger partial charge in [-0.15, -0.1) is 0 Å². The second kappa shape index (κ2) is 3.89. The summed E-state index contributed by atoms with van der Waals surface area (Å²) in [6.45, 7) is 0.983. The summed E-state index contributed by atoms with van der Waals surface area (Å²) in [4.78, 5) is 3.90. The van der Waals surface area contributed by atoms with Crippen LogP contribution in [0.3, 0.4) is 0 Å². The summed E-state index contributed by atoms with van der Waals surface area (Å²) in [5, 5.41) is 3.17. The molecule has 0 radical (unpaired) electrons. The lowest BCUT2D eigenvalue weighted by atomic mass is 10.1. The summed E-state index contributed by atoms with van der Waals surface area (Å²) in [5.74, 6) is 0.397. The van der Waals surface area contributed by atoms with Crippen molar-refractivity contribution in [3.63, 3.8) is 0 Å². The number of nitrogens with zero attached hydrogens (tertiary/aromatic N) is 2. The van der Waals surface area contributed by atoms with Gasteiger partial charge in [-0.1, -0.05) is 6.92 Å². The minimum atomic E-state index is -2.50. The first kappa shape index (κ1) is 10.5. The van der Waals surface area contributed by atoms with Crippen LogP contribution >= 0.6 is 0 Å². The van der Waals surface area contributed by atoms with Crippen LogP contribution in [0.5, 0.6) is 0 Å². The van der Waals surface area contributed by atoms with E-state index < -0.39 is 6.55 Å². The highest BCUT2D eigenvalue weighted by atomic mass is 19.3. The zero-order valence-corrected chi connectivity index (χ0v) is 8.71. The molecule has 1 aromatic heterocycles. The van der Waals surface area contributed by atoms with Crippen LogP contribution < -0.4 is 5.32 Å². The van der Waals surface area contributed by atoms with E-state index in [1.54, 1.807) is 0 Å². The Morgan fingerprint density at radius 3 is 2.93 bits per heavy atom. The van der Waals surface area contributed by atoms with Crippen LogP contribution in [-0.4, -0.2) is 16.1 Å². The second-order valence-corrected chi connectivity index (χ2v) is 4.44. The highest BCUT2D eigenvalue weighted by Crippen LogP contribution is 2.44. The van der Waals surface area contributed by atoms with Gasteiger partial charge >= 0.3 is 6.55 Å². The summed E-state index contributed by atoms with van der Waals surface area (Å²) in [6, 6.07) is 0. The minimum Gasteiger partial charge on any atom is -0.309 e. The molecule has 2 rings (SSSR count). The lowest BCUT2D eigenvalue weighted by molar-refractivity contribution is 0.0666. The Morgan fingerprint density at radius 2 is 2.33 bits per heavy atom. The zero-order valence-electron chi connectivity index (χ0n) is 8.71. The van der Waals surface area contributed by atoms with E-state index in [-0.39, 0.29) is 0 Å². The molecule has 0 spiro atoms. The number of aromatic nitrogens is 2. The Kier molecular flexibility index (Phi) is 2.73. The Bertz CT molecular complexity index is 331. The standard InChI is InChI=1S/C10H15F2N3/c1-10(2-3-10)7-13-6-8-14-4-5-15(8)9(11)12/h4-5,9,13H,2-3,6-7H2,1H3. The fourth-order valence-corrected chi connectivity index (χ4v) is 1.52. The molecule has 84 valence electrons. The quantitative estimate of drug-likeness (QED) is 0.815. The molecule has 0 aromatic carbocycles. The van der Waals surface area contributed by atoms with Crippen LogP contribution in [-0.2, 0) is 6.54 Å². The van der Waals surface area contributed by atoms with Gasteiger partial charge in [0.25, 0.3) is 0 Å². The van der Waals surface area contributed by atoms with E-state index >= 15 is 0 Å². The molecule has 1 N–H and O–H groups in total. The first-order valence-corrected chi connectivity index (χ1v) is 5.11. The van der Waals surface area contributed by atoms with Gasteiger partial charge < -0.3 is 5.32 Å². The zero-order chi connectivity index (χ0) is 10.9. The fraction of sp³-hybridized carbons (Fsp3) is 0.700. The van der Waals surface area contributed by atoms with Gasteiger partial charge in [-0.3, -0.25) is 4.57 Å². The molecular weight excluding hydrogens is 200 g/mol. The third kappa shape index (κ3) is 2.53. The monoisotopic (exact) mass is 215 g/mol. The molecule has 5 heteroatoms. The van der Waals surface area contributed by atoms with Crippen LogP contribution in [0, 0.1) is 5.41 Å². The van der Waals surface area contributed by atoms with Crippen molar-refractivity contribution in [1.82, 2.24) is 14.9 Å². The third-order valence-corrected chi connectivity index (χ3v) is 2.90. The first-order valence-electron chi connectivity index (χ1n) is 5.11. The van der Waals surface area contributed by atoms with Crippen LogP contribution in [0.4, 0.5) is 8.78 Å². The van der Waals surface area contributed by atoms with E-state index in [0.29, 0.717) is 17.8 Å². The second-order valence-electron chi connectivity index (χ2n) is 4.44. The molecule has 1 saturated carbocycles. The highest BCUT2D eigenvalue weighted by Gasteiger charge is 2.36. The number of nitrogens with one attached hydrogen (secondary N) is 1. The summed E-state index contributed by atoms with van der Waals surface area (Å²) in [7, 11) is 0. The van der Waals surface area contributed by atoms with Gasteiger partial charge in [0.05, 0.1) is 6.54 Å². The molecule has 0 bridgehead atoms. The average Bonchev–Trinajstić information content (AvgIpc) is 2.74. The molecule has 0 unspecified atom stereocenters. The summed E-state index contributed by atoms with van der Waals surface area (Å²) >= 11 is 0. The number of alkyl halides is 2. The molecular formula is C10H15F2N3. The Labute approximate surface area is 87.5 Å². The largest absolute Gasteiger partial charge is 0.319 e. The van der Waals surface area contributed by atoms with Crippen molar-refractivity contribution in [3.05, 3.63) is 18.2 Å². The van der Waals surface area contributed by atoms with E-state index in [2.05, 4.69) is 17.2 Å². The lowest BCUT2D eigenvalue weighted by Crippen LogP contribution is -2.23. The summed E-state index contributed by atoms with van der Waals surface area (Å²) in [5.41, 5.74) is 0.391. The minimum absolute atomic E-state index is 0.391. The number of hydrogen-bond donors (Lipinski definition) is 1. The maximum Gasteiger partial charge on any atom is 0.319 e. The molecule has 0 aliphatic heterocycles. The maximum atomic E-state index is 12.4. The number of halogens is 2. The van der Waals surface area contributed by atoms with Crippen LogP contribution in [0.1, 0.15) is 32.1 Å². The summed E-state index contributed by atoms with van der Waals surface area (Å²) < 4.78 is 25.8. The van der Waals surface area contributed by atoms with Crippen LogP contribution in [0.15, 0.2) is 12.4 Å². The van der Waals surface area contributed by atoms with Crippen molar-refractivity contribution < 1.29 is 8.78 Å². The molecule has 1 aliphatic carbocycles. The van der Waals surface area contributed by atoms with Crippen molar-refractivity contribution in [1.29, 1.82) is 0 Å². The molecule has 15 heavy (non-hydrogen) atoms. The normalized spacial score (nSPS) is 18.4. The Hall–Kier alpha value is -0.970. The highest BCUT2D eigenvalue weighted by molar-refractivity contribution is 4.95. The summed E-state index contributed by atoms with van der Waals surface area (Å²) in [6.07, 6.45) is 5.16. The van der Waals surface area contributed by atoms with Crippen molar-refractivity contribution in [3.8, 4) is 0 Å². The fourth-order valence-electron chi connectivity index (χ4n) is 1.52. The van der Waals surface area contributed by atoms with Crippen LogP contribution in [0.25, 0.3) is 0 Å².